The van der Waals surface area contributed by atoms with Gasteiger partial charge in [-0.05, 0) is 23.6 Å². The molecule has 96 valence electrons. The Morgan fingerprint density at radius 3 is 3.05 bits per heavy atom. The lowest BCUT2D eigenvalue weighted by Crippen LogP contribution is -1.91. The zero-order valence-corrected chi connectivity index (χ0v) is 11.2. The summed E-state index contributed by atoms with van der Waals surface area (Å²) in [6, 6.07) is 5.11. The van der Waals surface area contributed by atoms with Gasteiger partial charge in [0.15, 0.2) is 0 Å². The molecule has 0 bridgehead atoms. The summed E-state index contributed by atoms with van der Waals surface area (Å²) in [5, 5.41) is 12.6. The molecule has 0 spiro atoms. The molecule has 0 atom stereocenters. The van der Waals surface area contributed by atoms with Crippen molar-refractivity contribution in [2.75, 3.05) is 0 Å². The Hall–Kier alpha value is -1.86. The van der Waals surface area contributed by atoms with Crippen molar-refractivity contribution < 1.29 is 14.3 Å². The monoisotopic (exact) mass is 292 g/mol. The number of aromatic carboxylic acids is 1. The van der Waals surface area contributed by atoms with Crippen LogP contribution in [0.3, 0.4) is 0 Å². The van der Waals surface area contributed by atoms with Crippen LogP contribution in [-0.2, 0) is 5.75 Å². The molecule has 5 nitrogen and oxygen atoms in total. The largest absolute Gasteiger partial charge is 0.475 e. The summed E-state index contributed by atoms with van der Waals surface area (Å²) in [7, 11) is 0. The average molecular weight is 292 g/mol. The summed E-state index contributed by atoms with van der Waals surface area (Å²) < 4.78 is 5.20. The van der Waals surface area contributed by atoms with Crippen molar-refractivity contribution in [3.63, 3.8) is 0 Å². The van der Waals surface area contributed by atoms with E-state index in [0.29, 0.717) is 11.5 Å². The molecule has 19 heavy (non-hydrogen) atoms. The molecular weight excluding hydrogens is 284 g/mol. The van der Waals surface area contributed by atoms with Crippen LogP contribution in [0.4, 0.5) is 0 Å². The Labute approximate surface area is 116 Å². The molecule has 0 fully saturated rings. The third-order valence-corrected chi connectivity index (χ3v) is 4.30. The molecule has 0 aromatic carbocycles. The Kier molecular flexibility index (Phi) is 3.22. The van der Waals surface area contributed by atoms with Crippen LogP contribution in [0, 0.1) is 0 Å². The number of aromatic nitrogens is 2. The van der Waals surface area contributed by atoms with Crippen molar-refractivity contribution in [3.05, 3.63) is 41.4 Å². The second-order valence-corrected chi connectivity index (χ2v) is 5.54. The maximum Gasteiger partial charge on any atom is 0.371 e. The number of carbonyl (C=O) groups is 1. The van der Waals surface area contributed by atoms with E-state index in [1.54, 1.807) is 17.4 Å². The van der Waals surface area contributed by atoms with Gasteiger partial charge >= 0.3 is 5.97 Å². The number of hydrogen-bond donors (Lipinski definition) is 1. The van der Waals surface area contributed by atoms with Crippen LogP contribution >= 0.6 is 23.1 Å². The topological polar surface area (TPSA) is 76.2 Å². The summed E-state index contributed by atoms with van der Waals surface area (Å²) >= 11 is 3.07. The van der Waals surface area contributed by atoms with E-state index in [2.05, 4.69) is 9.97 Å². The minimum atomic E-state index is -1.06. The number of rotatable bonds is 4. The Balaban J connectivity index is 1.78. The first-order valence-electron chi connectivity index (χ1n) is 5.37. The van der Waals surface area contributed by atoms with E-state index in [9.17, 15) is 4.79 Å². The summed E-state index contributed by atoms with van der Waals surface area (Å²) in [5.41, 5.74) is 0. The Morgan fingerprint density at radius 1 is 1.37 bits per heavy atom. The Bertz CT molecular complexity index is 735. The molecule has 7 heteroatoms. The lowest BCUT2D eigenvalue weighted by molar-refractivity contribution is 0.0661. The fourth-order valence-electron chi connectivity index (χ4n) is 1.59. The molecule has 0 aliphatic rings. The predicted molar refractivity (Wildman–Crippen MR) is 72.6 cm³/mol. The number of hydrogen-bond acceptors (Lipinski definition) is 6. The fraction of sp³-hybridized carbons (Fsp3) is 0.0833. The molecule has 0 radical (unpaired) electrons. The predicted octanol–water partition coefficient (Wildman–Crippen LogP) is 3.27. The van der Waals surface area contributed by atoms with Gasteiger partial charge in [0, 0.05) is 5.39 Å². The van der Waals surface area contributed by atoms with Gasteiger partial charge in [-0.2, -0.15) is 0 Å². The van der Waals surface area contributed by atoms with Crippen molar-refractivity contribution in [3.8, 4) is 0 Å². The first-order valence-corrected chi connectivity index (χ1v) is 7.23. The van der Waals surface area contributed by atoms with Gasteiger partial charge in [-0.3, -0.25) is 0 Å². The number of thiophene rings is 1. The zero-order chi connectivity index (χ0) is 13.2. The summed E-state index contributed by atoms with van der Waals surface area (Å²) in [6.45, 7) is 0. The second kappa shape index (κ2) is 5.02. The summed E-state index contributed by atoms with van der Waals surface area (Å²) in [5.74, 6) is 0.0526. The van der Waals surface area contributed by atoms with Crippen LogP contribution in [0.5, 0.6) is 0 Å². The number of thioether (sulfide) groups is 1. The van der Waals surface area contributed by atoms with E-state index < -0.39 is 5.97 Å². The lowest BCUT2D eigenvalue weighted by atomic mass is 10.4. The smallest absolute Gasteiger partial charge is 0.371 e. The number of nitrogens with zero attached hydrogens (tertiary/aromatic N) is 2. The normalized spacial score (nSPS) is 10.9. The molecule has 3 aromatic rings. The highest BCUT2D eigenvalue weighted by atomic mass is 32.2. The fourth-order valence-corrected chi connectivity index (χ4v) is 3.27. The van der Waals surface area contributed by atoms with Crippen LogP contribution < -0.4 is 0 Å². The van der Waals surface area contributed by atoms with Crippen molar-refractivity contribution in [2.45, 2.75) is 10.8 Å². The highest BCUT2D eigenvalue weighted by Crippen LogP contribution is 2.30. The molecule has 3 rings (SSSR count). The third-order valence-electron chi connectivity index (χ3n) is 2.45. The van der Waals surface area contributed by atoms with Crippen molar-refractivity contribution in [1.82, 2.24) is 9.97 Å². The van der Waals surface area contributed by atoms with Gasteiger partial charge in [-0.1, -0.05) is 11.8 Å². The maximum absolute atomic E-state index is 10.7. The maximum atomic E-state index is 10.7. The van der Waals surface area contributed by atoms with Gasteiger partial charge in [0.05, 0.1) is 5.75 Å². The lowest BCUT2D eigenvalue weighted by Gasteiger charge is -1.99. The molecule has 0 amide bonds. The highest BCUT2D eigenvalue weighted by molar-refractivity contribution is 7.98. The molecule has 1 N–H and O–H groups in total. The van der Waals surface area contributed by atoms with E-state index in [0.717, 1.165) is 15.2 Å². The average Bonchev–Trinajstić information content (AvgIpc) is 3.05. The highest BCUT2D eigenvalue weighted by Gasteiger charge is 2.10. The quantitative estimate of drug-likeness (QED) is 0.587. The standard InChI is InChI=1S/C12H8N2O3S2/c15-12(16)9-2-1-7(17-9)5-19-11-8-3-4-18-10(8)13-6-14-11/h1-4,6H,5H2,(H,15,16). The molecule has 3 aromatic heterocycles. The van der Waals surface area contributed by atoms with Gasteiger partial charge < -0.3 is 9.52 Å². The number of furan rings is 1. The molecule has 0 unspecified atom stereocenters. The number of carboxylic acids is 1. The first-order chi connectivity index (χ1) is 9.24. The van der Waals surface area contributed by atoms with Gasteiger partial charge in [-0.25, -0.2) is 14.8 Å². The van der Waals surface area contributed by atoms with Crippen LogP contribution in [0.25, 0.3) is 10.2 Å². The number of fused-ring (bicyclic) bond motifs is 1. The van der Waals surface area contributed by atoms with Crippen molar-refractivity contribution >= 4 is 39.3 Å². The molecule has 3 heterocycles. The van der Waals surface area contributed by atoms with Gasteiger partial charge in [0.1, 0.15) is 21.9 Å². The van der Waals surface area contributed by atoms with Crippen LogP contribution in [0.2, 0.25) is 0 Å². The van der Waals surface area contributed by atoms with Gasteiger partial charge in [0.2, 0.25) is 5.76 Å². The van der Waals surface area contributed by atoms with Crippen molar-refractivity contribution in [1.29, 1.82) is 0 Å². The molecule has 0 aliphatic heterocycles. The third kappa shape index (κ3) is 2.47. The SMILES string of the molecule is O=C(O)c1ccc(CSc2ncnc3sccc23)o1. The zero-order valence-electron chi connectivity index (χ0n) is 9.57. The second-order valence-electron chi connectivity index (χ2n) is 3.68. The van der Waals surface area contributed by atoms with Crippen LogP contribution in [0.15, 0.2) is 39.3 Å². The Morgan fingerprint density at radius 2 is 2.26 bits per heavy atom. The minimum Gasteiger partial charge on any atom is -0.475 e. The summed E-state index contributed by atoms with van der Waals surface area (Å²) in [6.07, 6.45) is 1.53. The molecule has 0 saturated carbocycles. The van der Waals surface area contributed by atoms with Crippen LogP contribution in [-0.4, -0.2) is 21.0 Å². The van der Waals surface area contributed by atoms with E-state index >= 15 is 0 Å². The van der Waals surface area contributed by atoms with Gasteiger partial charge in [0.25, 0.3) is 0 Å². The minimum absolute atomic E-state index is 0.0426. The van der Waals surface area contributed by atoms with Gasteiger partial charge in [-0.15, -0.1) is 11.3 Å². The van der Waals surface area contributed by atoms with E-state index in [1.165, 1.54) is 24.2 Å². The summed E-state index contributed by atoms with van der Waals surface area (Å²) in [4.78, 5) is 20.1. The number of carboxylic acid groups (broad SMARTS) is 1. The van der Waals surface area contributed by atoms with E-state index in [-0.39, 0.29) is 5.76 Å². The first kappa shape index (κ1) is 12.2. The molecular formula is C12H8N2O3S2. The molecule has 0 aliphatic carbocycles. The van der Waals surface area contributed by atoms with E-state index in [1.807, 2.05) is 11.4 Å². The van der Waals surface area contributed by atoms with Crippen LogP contribution in [0.1, 0.15) is 16.3 Å². The van der Waals surface area contributed by atoms with Crippen molar-refractivity contribution in [2.24, 2.45) is 0 Å². The molecule has 0 saturated heterocycles. The van der Waals surface area contributed by atoms with E-state index in [4.69, 9.17) is 9.52 Å².